The molecular weight excluding hydrogens is 337 g/mol. The summed E-state index contributed by atoms with van der Waals surface area (Å²) in [6, 6.07) is 3.13. The highest BCUT2D eigenvalue weighted by Crippen LogP contribution is 2.25. The van der Waals surface area contributed by atoms with Crippen LogP contribution in [0.15, 0.2) is 12.1 Å². The van der Waals surface area contributed by atoms with E-state index in [-0.39, 0.29) is 28.6 Å². The van der Waals surface area contributed by atoms with Gasteiger partial charge in [-0.2, -0.15) is 0 Å². The Balaban J connectivity index is 1.61. The van der Waals surface area contributed by atoms with Gasteiger partial charge in [-0.3, -0.25) is 9.59 Å². The fourth-order valence-corrected chi connectivity index (χ4v) is 3.58. The fraction of sp³-hybridized carbons (Fsp3) is 0.562. The van der Waals surface area contributed by atoms with Crippen LogP contribution in [0.2, 0.25) is 10.2 Å². The zero-order chi connectivity index (χ0) is 16.4. The molecule has 2 saturated heterocycles. The summed E-state index contributed by atoms with van der Waals surface area (Å²) in [6.45, 7) is 2.85. The lowest BCUT2D eigenvalue weighted by molar-refractivity contribution is -0.135. The predicted octanol–water partition coefficient (Wildman–Crippen LogP) is 2.86. The van der Waals surface area contributed by atoms with Gasteiger partial charge in [-0.1, -0.05) is 23.2 Å². The molecule has 2 aliphatic rings. The summed E-state index contributed by atoms with van der Waals surface area (Å²) in [5.74, 6) is 0.0537. The number of halogens is 2. The smallest absolute Gasteiger partial charge is 0.274 e. The predicted molar refractivity (Wildman–Crippen MR) is 88.7 cm³/mol. The van der Waals surface area contributed by atoms with E-state index >= 15 is 0 Å². The van der Waals surface area contributed by atoms with Gasteiger partial charge < -0.3 is 9.80 Å². The maximum absolute atomic E-state index is 12.5. The first kappa shape index (κ1) is 16.5. The Morgan fingerprint density at radius 3 is 2.30 bits per heavy atom. The van der Waals surface area contributed by atoms with Crippen LogP contribution >= 0.6 is 23.2 Å². The molecule has 0 spiro atoms. The molecule has 2 aliphatic heterocycles. The third-order valence-corrected chi connectivity index (χ3v) is 5.08. The number of pyridine rings is 1. The second-order valence-corrected chi connectivity index (χ2v) is 6.86. The molecule has 0 bridgehead atoms. The molecule has 2 fully saturated rings. The SMILES string of the molecule is O=C(c1nc(Cl)ccc1Cl)N1CCC(C(=O)N2CCCC2)CC1. The minimum Gasteiger partial charge on any atom is -0.342 e. The van der Waals surface area contributed by atoms with E-state index in [1.807, 2.05) is 4.90 Å². The van der Waals surface area contributed by atoms with Gasteiger partial charge >= 0.3 is 0 Å². The lowest BCUT2D eigenvalue weighted by Crippen LogP contribution is -2.44. The molecule has 0 unspecified atom stereocenters. The number of nitrogens with zero attached hydrogens (tertiary/aromatic N) is 3. The van der Waals surface area contributed by atoms with Crippen LogP contribution in [0, 0.1) is 5.92 Å². The first-order chi connectivity index (χ1) is 11.1. The van der Waals surface area contributed by atoms with Crippen molar-refractivity contribution in [1.29, 1.82) is 0 Å². The maximum atomic E-state index is 12.5. The molecule has 2 amide bonds. The van der Waals surface area contributed by atoms with Gasteiger partial charge in [0.25, 0.3) is 5.91 Å². The van der Waals surface area contributed by atoms with E-state index in [1.165, 1.54) is 0 Å². The van der Waals surface area contributed by atoms with E-state index in [9.17, 15) is 9.59 Å². The van der Waals surface area contributed by atoms with Crippen molar-refractivity contribution in [3.8, 4) is 0 Å². The van der Waals surface area contributed by atoms with Crippen molar-refractivity contribution in [3.05, 3.63) is 28.0 Å². The molecule has 0 atom stereocenters. The Kier molecular flexibility index (Phi) is 5.07. The molecule has 3 heterocycles. The van der Waals surface area contributed by atoms with E-state index in [2.05, 4.69) is 4.98 Å². The van der Waals surface area contributed by atoms with Gasteiger partial charge in [0.15, 0.2) is 0 Å². The highest BCUT2D eigenvalue weighted by atomic mass is 35.5. The van der Waals surface area contributed by atoms with E-state index in [4.69, 9.17) is 23.2 Å². The highest BCUT2D eigenvalue weighted by molar-refractivity contribution is 6.34. The maximum Gasteiger partial charge on any atom is 0.274 e. The fourth-order valence-electron chi connectivity index (χ4n) is 3.24. The quantitative estimate of drug-likeness (QED) is 0.766. The van der Waals surface area contributed by atoms with Crippen LogP contribution in [0.4, 0.5) is 0 Å². The number of piperidine rings is 1. The summed E-state index contributed by atoms with van der Waals surface area (Å²) in [5.41, 5.74) is 0.184. The molecule has 23 heavy (non-hydrogen) atoms. The van der Waals surface area contributed by atoms with Crippen molar-refractivity contribution in [1.82, 2.24) is 14.8 Å². The van der Waals surface area contributed by atoms with Gasteiger partial charge in [-0.05, 0) is 37.8 Å². The molecule has 0 saturated carbocycles. The number of hydrogen-bond donors (Lipinski definition) is 0. The van der Waals surface area contributed by atoms with Crippen LogP contribution in [-0.4, -0.2) is 52.8 Å². The number of carbonyl (C=O) groups excluding carboxylic acids is 2. The van der Waals surface area contributed by atoms with Crippen molar-refractivity contribution >= 4 is 35.0 Å². The van der Waals surface area contributed by atoms with Crippen molar-refractivity contribution in [2.75, 3.05) is 26.2 Å². The molecule has 124 valence electrons. The van der Waals surface area contributed by atoms with Crippen LogP contribution in [0.25, 0.3) is 0 Å². The Hall–Kier alpha value is -1.33. The van der Waals surface area contributed by atoms with Crippen LogP contribution in [0.5, 0.6) is 0 Å². The average Bonchev–Trinajstić information content (AvgIpc) is 3.10. The Bertz CT molecular complexity index is 609. The molecule has 0 radical (unpaired) electrons. The number of likely N-dealkylation sites (tertiary alicyclic amines) is 2. The number of amides is 2. The monoisotopic (exact) mass is 355 g/mol. The van der Waals surface area contributed by atoms with Crippen molar-refractivity contribution < 1.29 is 9.59 Å². The minimum atomic E-state index is -0.218. The second-order valence-electron chi connectivity index (χ2n) is 6.06. The zero-order valence-corrected chi connectivity index (χ0v) is 14.3. The lowest BCUT2D eigenvalue weighted by atomic mass is 9.95. The standard InChI is InChI=1S/C16H19Cl2N3O2/c17-12-3-4-13(18)19-14(12)16(23)21-9-5-11(6-10-21)15(22)20-7-1-2-8-20/h3-4,11H,1-2,5-10H2. The van der Waals surface area contributed by atoms with Gasteiger partial charge in [-0.15, -0.1) is 0 Å². The van der Waals surface area contributed by atoms with E-state index in [0.29, 0.717) is 31.0 Å². The summed E-state index contributed by atoms with van der Waals surface area (Å²) in [7, 11) is 0. The lowest BCUT2D eigenvalue weighted by Gasteiger charge is -2.33. The van der Waals surface area contributed by atoms with E-state index in [1.54, 1.807) is 17.0 Å². The topological polar surface area (TPSA) is 53.5 Å². The summed E-state index contributed by atoms with van der Waals surface area (Å²) in [5, 5.41) is 0.548. The normalized spacial score (nSPS) is 19.2. The number of carbonyl (C=O) groups is 2. The van der Waals surface area contributed by atoms with Crippen LogP contribution < -0.4 is 0 Å². The van der Waals surface area contributed by atoms with Crippen LogP contribution in [-0.2, 0) is 4.79 Å². The largest absolute Gasteiger partial charge is 0.342 e. The van der Waals surface area contributed by atoms with Gasteiger partial charge in [0.05, 0.1) is 5.02 Å². The molecule has 5 nitrogen and oxygen atoms in total. The Labute approximate surface area is 145 Å². The molecule has 1 aromatic heterocycles. The average molecular weight is 356 g/mol. The third kappa shape index (κ3) is 3.61. The molecule has 7 heteroatoms. The molecule has 1 aromatic rings. The Morgan fingerprint density at radius 1 is 1.00 bits per heavy atom. The first-order valence-corrected chi connectivity index (χ1v) is 8.72. The Morgan fingerprint density at radius 2 is 1.65 bits per heavy atom. The van der Waals surface area contributed by atoms with Gasteiger partial charge in [0, 0.05) is 32.1 Å². The first-order valence-electron chi connectivity index (χ1n) is 7.96. The van der Waals surface area contributed by atoms with E-state index in [0.717, 1.165) is 25.9 Å². The summed E-state index contributed by atoms with van der Waals surface area (Å²) >= 11 is 11.9. The molecular formula is C16H19Cl2N3O2. The molecule has 0 aromatic carbocycles. The second kappa shape index (κ2) is 7.05. The number of aromatic nitrogens is 1. The summed E-state index contributed by atoms with van der Waals surface area (Å²) < 4.78 is 0. The van der Waals surface area contributed by atoms with Crippen molar-refractivity contribution in [2.24, 2.45) is 5.92 Å². The minimum absolute atomic E-state index is 0.0277. The van der Waals surface area contributed by atoms with E-state index < -0.39 is 0 Å². The molecule has 0 N–H and O–H groups in total. The van der Waals surface area contributed by atoms with Gasteiger partial charge in [0.2, 0.25) is 5.91 Å². The molecule has 0 aliphatic carbocycles. The van der Waals surface area contributed by atoms with Gasteiger partial charge in [0.1, 0.15) is 10.8 Å². The van der Waals surface area contributed by atoms with Gasteiger partial charge in [-0.25, -0.2) is 4.98 Å². The third-order valence-electron chi connectivity index (χ3n) is 4.56. The van der Waals surface area contributed by atoms with Crippen molar-refractivity contribution in [3.63, 3.8) is 0 Å². The number of rotatable bonds is 2. The van der Waals surface area contributed by atoms with Crippen LogP contribution in [0.3, 0.4) is 0 Å². The summed E-state index contributed by atoms with van der Waals surface area (Å²) in [6.07, 6.45) is 3.59. The van der Waals surface area contributed by atoms with Crippen molar-refractivity contribution in [2.45, 2.75) is 25.7 Å². The van der Waals surface area contributed by atoms with Crippen LogP contribution in [0.1, 0.15) is 36.2 Å². The summed E-state index contributed by atoms with van der Waals surface area (Å²) in [4.78, 5) is 32.6. The molecule has 3 rings (SSSR count). The highest BCUT2D eigenvalue weighted by Gasteiger charge is 2.32. The number of hydrogen-bond acceptors (Lipinski definition) is 3. The zero-order valence-electron chi connectivity index (χ0n) is 12.8.